The van der Waals surface area contributed by atoms with Gasteiger partial charge in [-0.15, -0.1) is 0 Å². The molecule has 1 aliphatic heterocycles. The summed E-state index contributed by atoms with van der Waals surface area (Å²) in [7, 11) is 0. The molecule has 0 aliphatic carbocycles. The van der Waals surface area contributed by atoms with Gasteiger partial charge in [0, 0.05) is 44.3 Å². The van der Waals surface area contributed by atoms with Crippen molar-refractivity contribution in [2.75, 3.05) is 44.3 Å². The summed E-state index contributed by atoms with van der Waals surface area (Å²) >= 11 is 0. The molecular formula is C15H19F4N3O2. The van der Waals surface area contributed by atoms with Crippen molar-refractivity contribution in [3.05, 3.63) is 24.0 Å². The summed E-state index contributed by atoms with van der Waals surface area (Å²) in [6.07, 6.45) is -0.361. The molecule has 0 radical (unpaired) electrons. The van der Waals surface area contributed by atoms with Crippen LogP contribution in [0.4, 0.5) is 23.2 Å². The van der Waals surface area contributed by atoms with E-state index in [9.17, 15) is 22.4 Å². The lowest BCUT2D eigenvalue weighted by Crippen LogP contribution is -2.50. The summed E-state index contributed by atoms with van der Waals surface area (Å²) < 4.78 is 53.9. The zero-order chi connectivity index (χ0) is 17.7. The Kier molecular flexibility index (Phi) is 5.98. The van der Waals surface area contributed by atoms with Gasteiger partial charge in [-0.25, -0.2) is 8.78 Å². The van der Waals surface area contributed by atoms with Gasteiger partial charge in [-0.3, -0.25) is 9.78 Å². The molecule has 0 N–H and O–H groups in total. The number of halogens is 4. The largest absolute Gasteiger partial charge is 0.368 e. The molecule has 2 heterocycles. The van der Waals surface area contributed by atoms with E-state index in [4.69, 9.17) is 0 Å². The molecule has 1 saturated heterocycles. The summed E-state index contributed by atoms with van der Waals surface area (Å²) in [5, 5.41) is 0. The standard InChI is InChI=1S/C15H19F4N3O2/c1-11-8-20-3-2-12(11)21-4-6-22(7-5-21)13(23)9-24-10-15(18,19)14(16)17/h2-3,8,14H,4-7,9-10H2,1H3. The smallest absolute Gasteiger partial charge is 0.330 e. The number of hydrogen-bond acceptors (Lipinski definition) is 4. The Labute approximate surface area is 137 Å². The number of pyridine rings is 1. The Hall–Kier alpha value is -1.90. The van der Waals surface area contributed by atoms with Gasteiger partial charge in [0.2, 0.25) is 5.91 Å². The van der Waals surface area contributed by atoms with Crippen molar-refractivity contribution in [2.45, 2.75) is 19.3 Å². The van der Waals surface area contributed by atoms with Crippen molar-refractivity contribution in [1.29, 1.82) is 0 Å². The van der Waals surface area contributed by atoms with Crippen molar-refractivity contribution < 1.29 is 27.1 Å². The summed E-state index contributed by atoms with van der Waals surface area (Å²) in [6, 6.07) is 1.89. The zero-order valence-electron chi connectivity index (χ0n) is 13.2. The second kappa shape index (κ2) is 7.78. The minimum Gasteiger partial charge on any atom is -0.368 e. The molecule has 1 fully saturated rings. The van der Waals surface area contributed by atoms with Gasteiger partial charge in [0.1, 0.15) is 13.2 Å². The van der Waals surface area contributed by atoms with Gasteiger partial charge in [-0.2, -0.15) is 8.78 Å². The number of nitrogens with zero attached hydrogens (tertiary/aromatic N) is 3. The third-order valence-electron chi connectivity index (χ3n) is 3.80. The first-order chi connectivity index (χ1) is 11.3. The molecule has 5 nitrogen and oxygen atoms in total. The molecule has 0 saturated carbocycles. The van der Waals surface area contributed by atoms with Gasteiger partial charge >= 0.3 is 12.3 Å². The molecule has 24 heavy (non-hydrogen) atoms. The summed E-state index contributed by atoms with van der Waals surface area (Å²) in [5.41, 5.74) is 2.06. The van der Waals surface area contributed by atoms with E-state index in [1.54, 1.807) is 12.4 Å². The van der Waals surface area contributed by atoms with Crippen LogP contribution in [0.5, 0.6) is 0 Å². The number of carbonyl (C=O) groups excluding carboxylic acids is 1. The van der Waals surface area contributed by atoms with Crippen LogP contribution >= 0.6 is 0 Å². The number of carbonyl (C=O) groups is 1. The SMILES string of the molecule is Cc1cnccc1N1CCN(C(=O)COCC(F)(F)C(F)F)CC1. The second-order valence-electron chi connectivity index (χ2n) is 5.58. The van der Waals surface area contributed by atoms with Crippen LogP contribution < -0.4 is 4.90 Å². The van der Waals surface area contributed by atoms with Crippen LogP contribution in [0.1, 0.15) is 5.56 Å². The molecule has 0 atom stereocenters. The highest BCUT2D eigenvalue weighted by atomic mass is 19.3. The van der Waals surface area contributed by atoms with Crippen molar-refractivity contribution in [2.24, 2.45) is 0 Å². The van der Waals surface area contributed by atoms with E-state index in [1.165, 1.54) is 4.90 Å². The van der Waals surface area contributed by atoms with E-state index in [2.05, 4.69) is 14.6 Å². The first-order valence-electron chi connectivity index (χ1n) is 7.48. The van der Waals surface area contributed by atoms with Gasteiger partial charge in [0.25, 0.3) is 0 Å². The Bertz CT molecular complexity index is 563. The van der Waals surface area contributed by atoms with Crippen molar-refractivity contribution in [3.8, 4) is 0 Å². The molecule has 1 aliphatic rings. The maximum absolute atomic E-state index is 12.7. The molecule has 1 amide bonds. The molecule has 134 valence electrons. The number of hydrogen-bond donors (Lipinski definition) is 0. The number of aryl methyl sites for hydroxylation is 1. The molecular weight excluding hydrogens is 330 g/mol. The highest BCUT2D eigenvalue weighted by molar-refractivity contribution is 5.77. The van der Waals surface area contributed by atoms with E-state index < -0.39 is 31.5 Å². The molecule has 9 heteroatoms. The average Bonchev–Trinajstić information content (AvgIpc) is 2.55. The molecule has 1 aromatic rings. The zero-order valence-corrected chi connectivity index (χ0v) is 13.2. The number of aromatic nitrogens is 1. The van der Waals surface area contributed by atoms with E-state index in [-0.39, 0.29) is 0 Å². The van der Waals surface area contributed by atoms with E-state index >= 15 is 0 Å². The summed E-state index contributed by atoms with van der Waals surface area (Å²) in [6.45, 7) is 1.85. The highest BCUT2D eigenvalue weighted by Crippen LogP contribution is 2.23. The number of ether oxygens (including phenoxy) is 1. The summed E-state index contributed by atoms with van der Waals surface area (Å²) in [5.74, 6) is -4.72. The van der Waals surface area contributed by atoms with Gasteiger partial charge < -0.3 is 14.5 Å². The first-order valence-corrected chi connectivity index (χ1v) is 7.48. The maximum Gasteiger partial charge on any atom is 0.330 e. The molecule has 0 bridgehead atoms. The predicted octanol–water partition coefficient (Wildman–Crippen LogP) is 1.96. The molecule has 1 aromatic heterocycles. The number of rotatable bonds is 6. The maximum atomic E-state index is 12.7. The third-order valence-corrected chi connectivity index (χ3v) is 3.80. The fraction of sp³-hybridized carbons (Fsp3) is 0.600. The predicted molar refractivity (Wildman–Crippen MR) is 79.5 cm³/mol. The minimum atomic E-state index is -4.24. The van der Waals surface area contributed by atoms with E-state index in [0.29, 0.717) is 26.2 Å². The van der Waals surface area contributed by atoms with Crippen LogP contribution in [0.25, 0.3) is 0 Å². The Morgan fingerprint density at radius 1 is 1.33 bits per heavy atom. The lowest BCUT2D eigenvalue weighted by Gasteiger charge is -2.36. The number of piperazine rings is 1. The van der Waals surface area contributed by atoms with Crippen molar-refractivity contribution in [1.82, 2.24) is 9.88 Å². The fourth-order valence-electron chi connectivity index (χ4n) is 2.45. The van der Waals surface area contributed by atoms with Crippen molar-refractivity contribution in [3.63, 3.8) is 0 Å². The summed E-state index contributed by atoms with van der Waals surface area (Å²) in [4.78, 5) is 19.5. The van der Waals surface area contributed by atoms with Crippen LogP contribution in [-0.4, -0.2) is 67.5 Å². The monoisotopic (exact) mass is 349 g/mol. The number of alkyl halides is 4. The van der Waals surface area contributed by atoms with Crippen LogP contribution in [0.15, 0.2) is 18.5 Å². The Morgan fingerprint density at radius 2 is 2.00 bits per heavy atom. The molecule has 0 spiro atoms. The fourth-order valence-corrected chi connectivity index (χ4v) is 2.45. The lowest BCUT2D eigenvalue weighted by atomic mass is 10.2. The van der Waals surface area contributed by atoms with Gasteiger partial charge in [-0.1, -0.05) is 0 Å². The van der Waals surface area contributed by atoms with Crippen LogP contribution in [-0.2, 0) is 9.53 Å². The topological polar surface area (TPSA) is 45.7 Å². The Balaban J connectivity index is 1.78. The average molecular weight is 349 g/mol. The quantitative estimate of drug-likeness (QED) is 0.737. The normalized spacial score (nSPS) is 15.9. The molecule has 2 rings (SSSR count). The van der Waals surface area contributed by atoms with E-state index in [1.807, 2.05) is 13.0 Å². The minimum absolute atomic E-state index is 0.412. The van der Waals surface area contributed by atoms with Crippen LogP contribution in [0.2, 0.25) is 0 Å². The highest BCUT2D eigenvalue weighted by Gasteiger charge is 2.41. The van der Waals surface area contributed by atoms with Crippen LogP contribution in [0.3, 0.4) is 0 Å². The Morgan fingerprint density at radius 3 is 2.58 bits per heavy atom. The number of anilines is 1. The lowest BCUT2D eigenvalue weighted by molar-refractivity contribution is -0.171. The van der Waals surface area contributed by atoms with Gasteiger partial charge in [-0.05, 0) is 18.6 Å². The number of amides is 1. The van der Waals surface area contributed by atoms with E-state index in [0.717, 1.165) is 11.3 Å². The van der Waals surface area contributed by atoms with Gasteiger partial charge in [0.15, 0.2) is 0 Å². The van der Waals surface area contributed by atoms with Crippen LogP contribution in [0, 0.1) is 6.92 Å². The van der Waals surface area contributed by atoms with Gasteiger partial charge in [0.05, 0.1) is 0 Å². The second-order valence-corrected chi connectivity index (χ2v) is 5.58. The molecule has 0 unspecified atom stereocenters. The first kappa shape index (κ1) is 18.4. The third kappa shape index (κ3) is 4.56. The van der Waals surface area contributed by atoms with Crippen molar-refractivity contribution >= 4 is 11.6 Å². The molecule has 0 aromatic carbocycles.